The van der Waals surface area contributed by atoms with Crippen LogP contribution in [-0.4, -0.2) is 23.1 Å². The largest absolute Gasteiger partial charge is 0.482 e. The molecule has 0 atom stereocenters. The number of methoxy groups -OCH3 is 1. The average Bonchev–Trinajstić information content (AvgIpc) is 2.54. The van der Waals surface area contributed by atoms with Crippen LogP contribution in [0.15, 0.2) is 29.4 Å². The van der Waals surface area contributed by atoms with Crippen LogP contribution in [0.2, 0.25) is 0 Å². The summed E-state index contributed by atoms with van der Waals surface area (Å²) in [4.78, 5) is 0. The standard InChI is InChI=1S/C11H12N2O2/c1-13-10-6-4-3-5-8(10)9(7-12-14)11(13)15-2/h3-7,14H,1-2H3/b12-7+. The van der Waals surface area contributed by atoms with Gasteiger partial charge in [-0.25, -0.2) is 0 Å². The minimum Gasteiger partial charge on any atom is -0.482 e. The van der Waals surface area contributed by atoms with E-state index in [1.165, 1.54) is 6.21 Å². The van der Waals surface area contributed by atoms with E-state index in [0.717, 1.165) is 16.5 Å². The van der Waals surface area contributed by atoms with Gasteiger partial charge in [0.1, 0.15) is 0 Å². The zero-order valence-corrected chi connectivity index (χ0v) is 8.64. The first-order chi connectivity index (χ1) is 7.29. The molecule has 0 spiro atoms. The van der Waals surface area contributed by atoms with Crippen LogP contribution in [-0.2, 0) is 7.05 Å². The highest BCUT2D eigenvalue weighted by molar-refractivity contribution is 6.02. The monoisotopic (exact) mass is 204 g/mol. The van der Waals surface area contributed by atoms with E-state index in [-0.39, 0.29) is 0 Å². The zero-order chi connectivity index (χ0) is 10.8. The minimum atomic E-state index is 0.689. The Morgan fingerprint density at radius 1 is 1.40 bits per heavy atom. The Bertz CT molecular complexity index is 515. The summed E-state index contributed by atoms with van der Waals surface area (Å²) < 4.78 is 7.20. The summed E-state index contributed by atoms with van der Waals surface area (Å²) in [6, 6.07) is 7.86. The molecule has 4 heteroatoms. The van der Waals surface area contributed by atoms with Crippen molar-refractivity contribution < 1.29 is 9.94 Å². The number of aryl methyl sites for hydroxylation is 1. The van der Waals surface area contributed by atoms with Crippen molar-refractivity contribution in [2.24, 2.45) is 12.2 Å². The number of oxime groups is 1. The molecule has 1 aromatic heterocycles. The van der Waals surface area contributed by atoms with Crippen molar-refractivity contribution in [3.8, 4) is 5.88 Å². The number of ether oxygens (including phenoxy) is 1. The van der Waals surface area contributed by atoms with Crippen molar-refractivity contribution in [3.05, 3.63) is 29.8 Å². The molecule has 0 saturated carbocycles. The van der Waals surface area contributed by atoms with E-state index in [4.69, 9.17) is 9.94 Å². The normalized spacial score (nSPS) is 11.3. The molecule has 0 aliphatic carbocycles. The van der Waals surface area contributed by atoms with E-state index in [0.29, 0.717) is 5.88 Å². The molecule has 0 saturated heterocycles. The van der Waals surface area contributed by atoms with Gasteiger partial charge in [0.25, 0.3) is 0 Å². The van der Waals surface area contributed by atoms with Crippen molar-refractivity contribution in [2.45, 2.75) is 0 Å². The van der Waals surface area contributed by atoms with Gasteiger partial charge < -0.3 is 14.5 Å². The lowest BCUT2D eigenvalue weighted by Gasteiger charge is -2.02. The molecule has 0 radical (unpaired) electrons. The first-order valence-electron chi connectivity index (χ1n) is 4.58. The molecule has 4 nitrogen and oxygen atoms in total. The second kappa shape index (κ2) is 3.65. The predicted molar refractivity (Wildman–Crippen MR) is 58.9 cm³/mol. The minimum absolute atomic E-state index is 0.689. The van der Waals surface area contributed by atoms with Gasteiger partial charge in [0.15, 0.2) is 0 Å². The van der Waals surface area contributed by atoms with Crippen LogP contribution in [0.25, 0.3) is 10.9 Å². The number of benzene rings is 1. The highest BCUT2D eigenvalue weighted by Crippen LogP contribution is 2.29. The number of fused-ring (bicyclic) bond motifs is 1. The number of rotatable bonds is 2. The van der Waals surface area contributed by atoms with Crippen molar-refractivity contribution in [2.75, 3.05) is 7.11 Å². The fourth-order valence-corrected chi connectivity index (χ4v) is 1.83. The summed E-state index contributed by atoms with van der Waals surface area (Å²) in [5.74, 6) is 0.689. The summed E-state index contributed by atoms with van der Waals surface area (Å²) in [7, 11) is 3.51. The van der Waals surface area contributed by atoms with Crippen LogP contribution in [0.4, 0.5) is 0 Å². The zero-order valence-electron chi connectivity index (χ0n) is 8.64. The first-order valence-corrected chi connectivity index (χ1v) is 4.58. The number of para-hydroxylation sites is 1. The van der Waals surface area contributed by atoms with E-state index < -0.39 is 0 Å². The van der Waals surface area contributed by atoms with Gasteiger partial charge in [0, 0.05) is 12.4 Å². The summed E-state index contributed by atoms with van der Waals surface area (Å²) in [5.41, 5.74) is 1.84. The van der Waals surface area contributed by atoms with E-state index >= 15 is 0 Å². The summed E-state index contributed by atoms with van der Waals surface area (Å²) in [6.07, 6.45) is 1.39. The second-order valence-corrected chi connectivity index (χ2v) is 3.24. The first kappa shape index (κ1) is 9.58. The lowest BCUT2D eigenvalue weighted by molar-refractivity contribution is 0.321. The van der Waals surface area contributed by atoms with Crippen LogP contribution in [0, 0.1) is 0 Å². The molecular weight excluding hydrogens is 192 g/mol. The fraction of sp³-hybridized carbons (Fsp3) is 0.182. The second-order valence-electron chi connectivity index (χ2n) is 3.24. The maximum absolute atomic E-state index is 8.61. The highest BCUT2D eigenvalue weighted by Gasteiger charge is 2.13. The molecule has 1 N–H and O–H groups in total. The Kier molecular flexibility index (Phi) is 2.33. The van der Waals surface area contributed by atoms with Gasteiger partial charge in [-0.05, 0) is 6.07 Å². The van der Waals surface area contributed by atoms with Crippen molar-refractivity contribution >= 4 is 17.1 Å². The number of hydrogen-bond donors (Lipinski definition) is 1. The van der Waals surface area contributed by atoms with E-state index in [1.54, 1.807) is 7.11 Å². The molecule has 1 heterocycles. The highest BCUT2D eigenvalue weighted by atomic mass is 16.5. The van der Waals surface area contributed by atoms with Gasteiger partial charge in [0.05, 0.1) is 24.4 Å². The van der Waals surface area contributed by atoms with Gasteiger partial charge in [-0.2, -0.15) is 0 Å². The third kappa shape index (κ3) is 1.34. The topological polar surface area (TPSA) is 46.8 Å². The summed E-state index contributed by atoms with van der Waals surface area (Å²) >= 11 is 0. The molecule has 1 aromatic carbocycles. The SMILES string of the molecule is COc1c(/C=N/O)c2ccccc2n1C. The summed E-state index contributed by atoms with van der Waals surface area (Å²) in [5, 5.41) is 12.7. The number of hydrogen-bond acceptors (Lipinski definition) is 3. The molecule has 0 aliphatic rings. The Hall–Kier alpha value is -1.97. The quantitative estimate of drug-likeness (QED) is 0.462. The molecule has 0 amide bonds. The third-order valence-corrected chi connectivity index (χ3v) is 2.47. The Labute approximate surface area is 87.4 Å². The van der Waals surface area contributed by atoms with Crippen molar-refractivity contribution in [3.63, 3.8) is 0 Å². The third-order valence-electron chi connectivity index (χ3n) is 2.47. The Morgan fingerprint density at radius 3 is 2.80 bits per heavy atom. The predicted octanol–water partition coefficient (Wildman–Crippen LogP) is 1.99. The Balaban J connectivity index is 2.84. The molecule has 0 unspecified atom stereocenters. The van der Waals surface area contributed by atoms with Gasteiger partial charge >= 0.3 is 0 Å². The molecule has 78 valence electrons. The van der Waals surface area contributed by atoms with Gasteiger partial charge in [-0.3, -0.25) is 0 Å². The Morgan fingerprint density at radius 2 is 2.13 bits per heavy atom. The van der Waals surface area contributed by atoms with Crippen molar-refractivity contribution in [1.29, 1.82) is 0 Å². The van der Waals surface area contributed by atoms with Crippen LogP contribution in [0.5, 0.6) is 5.88 Å². The van der Waals surface area contributed by atoms with Crippen LogP contribution in [0.1, 0.15) is 5.56 Å². The fourth-order valence-electron chi connectivity index (χ4n) is 1.83. The number of aromatic nitrogens is 1. The maximum atomic E-state index is 8.61. The van der Waals surface area contributed by atoms with E-state index in [9.17, 15) is 0 Å². The molecule has 2 rings (SSSR count). The molecule has 15 heavy (non-hydrogen) atoms. The van der Waals surface area contributed by atoms with E-state index in [1.807, 2.05) is 35.9 Å². The molecule has 2 aromatic rings. The lowest BCUT2D eigenvalue weighted by Crippen LogP contribution is -1.95. The maximum Gasteiger partial charge on any atom is 0.203 e. The molecule has 0 aliphatic heterocycles. The van der Waals surface area contributed by atoms with Gasteiger partial charge in [-0.1, -0.05) is 23.4 Å². The van der Waals surface area contributed by atoms with Gasteiger partial charge in [-0.15, -0.1) is 0 Å². The van der Waals surface area contributed by atoms with Crippen LogP contribution < -0.4 is 4.74 Å². The molecule has 0 bridgehead atoms. The molecule has 0 fully saturated rings. The van der Waals surface area contributed by atoms with Gasteiger partial charge in [0.2, 0.25) is 5.88 Å². The number of nitrogens with zero attached hydrogens (tertiary/aromatic N) is 2. The molecular formula is C11H12N2O2. The lowest BCUT2D eigenvalue weighted by atomic mass is 10.2. The van der Waals surface area contributed by atoms with Crippen LogP contribution >= 0.6 is 0 Å². The van der Waals surface area contributed by atoms with E-state index in [2.05, 4.69) is 5.16 Å². The smallest absolute Gasteiger partial charge is 0.203 e. The van der Waals surface area contributed by atoms with Crippen molar-refractivity contribution in [1.82, 2.24) is 4.57 Å². The average molecular weight is 204 g/mol. The van der Waals surface area contributed by atoms with Crippen LogP contribution in [0.3, 0.4) is 0 Å². The summed E-state index contributed by atoms with van der Waals surface area (Å²) in [6.45, 7) is 0.